The molecule has 166 valence electrons. The van der Waals surface area contributed by atoms with E-state index in [0.29, 0.717) is 0 Å². The third kappa shape index (κ3) is 4.75. The average Bonchev–Trinajstić information content (AvgIpc) is 2.78. The van der Waals surface area contributed by atoms with Crippen molar-refractivity contribution in [2.24, 2.45) is 11.8 Å². The summed E-state index contributed by atoms with van der Waals surface area (Å²) in [5.74, 6) is 1.92. The Balaban J connectivity index is 1.66. The van der Waals surface area contributed by atoms with Gasteiger partial charge in [0.1, 0.15) is 0 Å². The van der Waals surface area contributed by atoms with Crippen LogP contribution in [-0.4, -0.2) is 8.07 Å². The first-order valence-corrected chi connectivity index (χ1v) is 16.2. The van der Waals surface area contributed by atoms with E-state index in [4.69, 9.17) is 0 Å². The third-order valence-electron chi connectivity index (χ3n) is 10.3. The lowest BCUT2D eigenvalue weighted by Crippen LogP contribution is -2.55. The SMILES string of the molecule is C/C=C/C1CCC([Si](C2CCCCC2)(C2CCCCC2)C2CCC(C)CC2)CC1. The highest BCUT2D eigenvalue weighted by Crippen LogP contribution is 2.64. The molecule has 4 fully saturated rings. The van der Waals surface area contributed by atoms with Crippen molar-refractivity contribution in [3.63, 3.8) is 0 Å². The van der Waals surface area contributed by atoms with Crippen LogP contribution in [0.15, 0.2) is 12.2 Å². The van der Waals surface area contributed by atoms with E-state index in [0.717, 1.165) is 11.8 Å². The van der Waals surface area contributed by atoms with Gasteiger partial charge in [0, 0.05) is 0 Å². The van der Waals surface area contributed by atoms with Gasteiger partial charge >= 0.3 is 0 Å². The van der Waals surface area contributed by atoms with Gasteiger partial charge in [-0.1, -0.05) is 122 Å². The van der Waals surface area contributed by atoms with Crippen LogP contribution >= 0.6 is 0 Å². The van der Waals surface area contributed by atoms with E-state index in [1.807, 2.05) is 0 Å². The fourth-order valence-electron chi connectivity index (χ4n) is 9.05. The van der Waals surface area contributed by atoms with Crippen LogP contribution in [0.1, 0.15) is 129 Å². The summed E-state index contributed by atoms with van der Waals surface area (Å²) < 4.78 is 0. The van der Waals surface area contributed by atoms with Gasteiger partial charge < -0.3 is 0 Å². The smallest absolute Gasteiger partial charge is 0.0660 e. The van der Waals surface area contributed by atoms with Crippen LogP contribution in [0.3, 0.4) is 0 Å². The maximum absolute atomic E-state index is 2.54. The first kappa shape index (κ1) is 22.2. The van der Waals surface area contributed by atoms with Crippen molar-refractivity contribution in [1.29, 1.82) is 0 Å². The lowest BCUT2D eigenvalue weighted by Gasteiger charge is -2.58. The maximum Gasteiger partial charge on any atom is 0.0660 e. The average molecular weight is 415 g/mol. The molecule has 0 bridgehead atoms. The highest BCUT2D eigenvalue weighted by Gasteiger charge is 2.56. The van der Waals surface area contributed by atoms with Gasteiger partial charge in [0.25, 0.3) is 0 Å². The molecule has 0 amide bonds. The van der Waals surface area contributed by atoms with Crippen LogP contribution in [-0.2, 0) is 0 Å². The Morgan fingerprint density at radius 1 is 0.517 bits per heavy atom. The van der Waals surface area contributed by atoms with E-state index >= 15 is 0 Å². The number of allylic oxidation sites excluding steroid dienone is 2. The Morgan fingerprint density at radius 2 is 0.931 bits per heavy atom. The van der Waals surface area contributed by atoms with E-state index in [9.17, 15) is 0 Å². The zero-order valence-electron chi connectivity index (χ0n) is 19.8. The molecule has 0 aromatic carbocycles. The van der Waals surface area contributed by atoms with E-state index in [2.05, 4.69) is 26.0 Å². The van der Waals surface area contributed by atoms with E-state index in [-0.39, 0.29) is 0 Å². The summed E-state index contributed by atoms with van der Waals surface area (Å²) in [6.07, 6.45) is 33.5. The first-order valence-electron chi connectivity index (χ1n) is 13.9. The topological polar surface area (TPSA) is 0 Å². The van der Waals surface area contributed by atoms with Crippen molar-refractivity contribution < 1.29 is 0 Å². The molecule has 0 aromatic rings. The summed E-state index contributed by atoms with van der Waals surface area (Å²) >= 11 is 0. The predicted molar refractivity (Wildman–Crippen MR) is 131 cm³/mol. The fourth-order valence-corrected chi connectivity index (χ4v) is 18.5. The molecule has 0 heterocycles. The minimum Gasteiger partial charge on any atom is -0.0914 e. The molecule has 1 heteroatoms. The minimum atomic E-state index is -1.30. The van der Waals surface area contributed by atoms with Crippen LogP contribution in [0.5, 0.6) is 0 Å². The largest absolute Gasteiger partial charge is 0.0914 e. The van der Waals surface area contributed by atoms with Crippen molar-refractivity contribution in [3.8, 4) is 0 Å². The number of hydrogen-bond donors (Lipinski definition) is 0. The van der Waals surface area contributed by atoms with Gasteiger partial charge in [-0.2, -0.15) is 0 Å². The maximum atomic E-state index is 2.54. The normalized spacial score (nSPS) is 36.5. The molecule has 0 N–H and O–H groups in total. The minimum absolute atomic E-state index is 0.909. The van der Waals surface area contributed by atoms with E-state index in [1.165, 1.54) is 35.0 Å². The van der Waals surface area contributed by atoms with Crippen molar-refractivity contribution in [3.05, 3.63) is 12.2 Å². The van der Waals surface area contributed by atoms with Crippen molar-refractivity contribution in [2.45, 2.75) is 152 Å². The summed E-state index contributed by atoms with van der Waals surface area (Å²) in [6, 6.07) is 0. The van der Waals surface area contributed by atoms with Crippen LogP contribution in [0.4, 0.5) is 0 Å². The number of hydrogen-bond acceptors (Lipinski definition) is 0. The Labute approximate surface area is 183 Å². The zero-order valence-corrected chi connectivity index (χ0v) is 20.8. The molecule has 4 saturated carbocycles. The van der Waals surface area contributed by atoms with Crippen LogP contribution in [0.2, 0.25) is 22.2 Å². The van der Waals surface area contributed by atoms with Crippen molar-refractivity contribution in [2.75, 3.05) is 0 Å². The molecular weight excluding hydrogens is 364 g/mol. The lowest BCUT2D eigenvalue weighted by molar-refractivity contribution is 0.335. The third-order valence-corrected chi connectivity index (χ3v) is 18.3. The molecule has 0 saturated heterocycles. The Bertz CT molecular complexity index is 476. The second-order valence-electron chi connectivity index (χ2n) is 11.8. The number of rotatable bonds is 5. The molecular formula is C28H50Si. The van der Waals surface area contributed by atoms with Crippen LogP contribution in [0, 0.1) is 11.8 Å². The molecule has 0 atom stereocenters. The Morgan fingerprint density at radius 3 is 1.38 bits per heavy atom. The molecule has 0 nitrogen and oxygen atoms in total. The summed E-state index contributed by atoms with van der Waals surface area (Å²) in [5.41, 5.74) is 4.81. The Kier molecular flexibility index (Phi) is 8.03. The second kappa shape index (κ2) is 10.5. The van der Waals surface area contributed by atoms with Crippen LogP contribution in [0.25, 0.3) is 0 Å². The summed E-state index contributed by atoms with van der Waals surface area (Å²) in [7, 11) is -1.30. The summed E-state index contributed by atoms with van der Waals surface area (Å²) in [6.45, 7) is 4.78. The van der Waals surface area contributed by atoms with Gasteiger partial charge in [0.05, 0.1) is 8.07 Å². The lowest BCUT2D eigenvalue weighted by atomic mass is 9.88. The summed E-state index contributed by atoms with van der Waals surface area (Å²) in [5, 5.41) is 0. The zero-order chi connectivity index (χ0) is 20.1. The highest BCUT2D eigenvalue weighted by molar-refractivity contribution is 6.85. The van der Waals surface area contributed by atoms with Crippen LogP contribution < -0.4 is 0 Å². The highest BCUT2D eigenvalue weighted by atomic mass is 28.3. The second-order valence-corrected chi connectivity index (χ2v) is 17.0. The van der Waals surface area contributed by atoms with Gasteiger partial charge in [-0.15, -0.1) is 0 Å². The quantitative estimate of drug-likeness (QED) is 0.310. The molecule has 4 aliphatic carbocycles. The van der Waals surface area contributed by atoms with Crippen molar-refractivity contribution in [1.82, 2.24) is 0 Å². The molecule has 0 aromatic heterocycles. The predicted octanol–water partition coefficient (Wildman–Crippen LogP) is 9.82. The molecule has 0 aliphatic heterocycles. The monoisotopic (exact) mass is 414 g/mol. The standard InChI is InChI=1S/C28H50Si/c1-3-10-24-17-21-28(22-18-24)29(25-11-6-4-7-12-25,26-13-8-5-9-14-26)27-19-15-23(2)16-20-27/h3,10,23-28H,4-9,11-22H2,1-2H3/b10-3+. The molecule has 0 spiro atoms. The van der Waals surface area contributed by atoms with E-state index in [1.54, 1.807) is 103 Å². The molecule has 4 aliphatic rings. The summed E-state index contributed by atoms with van der Waals surface area (Å²) in [4.78, 5) is 0. The van der Waals surface area contributed by atoms with Crippen molar-refractivity contribution >= 4 is 8.07 Å². The Hall–Kier alpha value is -0.0431. The van der Waals surface area contributed by atoms with Gasteiger partial charge in [-0.25, -0.2) is 0 Å². The fraction of sp³-hybridized carbons (Fsp3) is 0.929. The molecule has 4 rings (SSSR count). The molecule has 0 unspecified atom stereocenters. The van der Waals surface area contributed by atoms with E-state index < -0.39 is 8.07 Å². The van der Waals surface area contributed by atoms with Gasteiger partial charge in [0.15, 0.2) is 0 Å². The van der Waals surface area contributed by atoms with Gasteiger partial charge in [0.2, 0.25) is 0 Å². The van der Waals surface area contributed by atoms with Gasteiger partial charge in [-0.05, 0) is 53.8 Å². The van der Waals surface area contributed by atoms with Gasteiger partial charge in [-0.3, -0.25) is 0 Å². The first-order chi connectivity index (χ1) is 14.2. The molecule has 29 heavy (non-hydrogen) atoms. The molecule has 0 radical (unpaired) electrons.